The van der Waals surface area contributed by atoms with E-state index in [1.807, 2.05) is 6.08 Å². The van der Waals surface area contributed by atoms with Crippen LogP contribution in [0.1, 0.15) is 70.6 Å². The van der Waals surface area contributed by atoms with E-state index in [0.717, 1.165) is 43.2 Å². The van der Waals surface area contributed by atoms with Crippen LogP contribution in [0.25, 0.3) is 0 Å². The lowest BCUT2D eigenvalue weighted by atomic mass is 10.0. The summed E-state index contributed by atoms with van der Waals surface area (Å²) in [6.07, 6.45) is 11.1. The van der Waals surface area contributed by atoms with Crippen LogP contribution in [0.3, 0.4) is 0 Å². The van der Waals surface area contributed by atoms with Crippen LogP contribution < -0.4 is 0 Å². The number of allylic oxidation sites excluding steroid dienone is 4. The molecule has 0 fully saturated rings. The first kappa shape index (κ1) is 19.2. The Morgan fingerprint density at radius 3 is 2.44 bits per heavy atom. The first-order valence-electron chi connectivity index (χ1n) is 9.29. The molecular weight excluding hydrogens is 308 g/mol. The highest BCUT2D eigenvalue weighted by Gasteiger charge is 2.25. The third-order valence-corrected chi connectivity index (χ3v) is 4.56. The molecule has 0 saturated heterocycles. The van der Waals surface area contributed by atoms with E-state index in [1.54, 1.807) is 0 Å². The quantitative estimate of drug-likeness (QED) is 0.414. The first-order chi connectivity index (χ1) is 12.0. The number of rotatable bonds is 8. The van der Waals surface area contributed by atoms with E-state index in [4.69, 9.17) is 4.74 Å². The van der Waals surface area contributed by atoms with Crippen LogP contribution in [0.2, 0.25) is 0 Å². The summed E-state index contributed by atoms with van der Waals surface area (Å²) >= 11 is 0. The lowest BCUT2D eigenvalue weighted by molar-refractivity contribution is -0.140. The summed E-state index contributed by atoms with van der Waals surface area (Å²) < 4.78 is 5.52. The molecule has 0 aromatic heterocycles. The molecule has 1 aromatic carbocycles. The van der Waals surface area contributed by atoms with Gasteiger partial charge in [-0.2, -0.15) is 0 Å². The molecular formula is C23H30O2. The van der Waals surface area contributed by atoms with Gasteiger partial charge in [0.1, 0.15) is 6.10 Å². The highest BCUT2D eigenvalue weighted by atomic mass is 16.5. The normalized spacial score (nSPS) is 17.3. The summed E-state index contributed by atoms with van der Waals surface area (Å²) in [7, 11) is 0. The van der Waals surface area contributed by atoms with Crippen LogP contribution in [0.15, 0.2) is 59.2 Å². The lowest BCUT2D eigenvalue weighted by Gasteiger charge is -2.08. The van der Waals surface area contributed by atoms with Crippen LogP contribution in [0, 0.1) is 0 Å². The predicted molar refractivity (Wildman–Crippen MR) is 104 cm³/mol. The van der Waals surface area contributed by atoms with Crippen molar-refractivity contribution in [3.8, 4) is 0 Å². The number of carbonyl (C=O) groups is 1. The molecule has 1 aromatic rings. The third kappa shape index (κ3) is 6.04. The first-order valence-corrected chi connectivity index (χ1v) is 9.29. The number of aryl methyl sites for hydroxylation is 1. The molecule has 0 unspecified atom stereocenters. The van der Waals surface area contributed by atoms with Crippen LogP contribution in [-0.4, -0.2) is 5.97 Å². The third-order valence-electron chi connectivity index (χ3n) is 4.56. The van der Waals surface area contributed by atoms with Crippen molar-refractivity contribution < 1.29 is 9.53 Å². The number of ether oxygens (including phenoxy) is 1. The van der Waals surface area contributed by atoms with Crippen LogP contribution in [-0.2, 0) is 16.0 Å². The molecule has 1 aliphatic heterocycles. The Kier molecular flexibility index (Phi) is 7.24. The monoisotopic (exact) mass is 338 g/mol. The Labute approximate surface area is 152 Å². The maximum atomic E-state index is 12.1. The van der Waals surface area contributed by atoms with Crippen LogP contribution >= 0.6 is 0 Å². The molecule has 25 heavy (non-hydrogen) atoms. The molecule has 0 saturated carbocycles. The molecule has 134 valence electrons. The van der Waals surface area contributed by atoms with Crippen molar-refractivity contribution >= 4 is 5.97 Å². The van der Waals surface area contributed by atoms with Gasteiger partial charge in [-0.05, 0) is 70.1 Å². The second-order valence-corrected chi connectivity index (χ2v) is 7.02. The van der Waals surface area contributed by atoms with E-state index in [0.29, 0.717) is 0 Å². The Bertz CT molecular complexity index is 671. The average Bonchev–Trinajstić information content (AvgIpc) is 2.95. The molecule has 1 atom stereocenters. The molecule has 1 aliphatic rings. The van der Waals surface area contributed by atoms with Crippen molar-refractivity contribution in [3.05, 3.63) is 70.3 Å². The van der Waals surface area contributed by atoms with Gasteiger partial charge >= 0.3 is 5.97 Å². The highest BCUT2D eigenvalue weighted by molar-refractivity contribution is 5.91. The largest absolute Gasteiger partial charge is 0.450 e. The van der Waals surface area contributed by atoms with Gasteiger partial charge in [-0.3, -0.25) is 0 Å². The Morgan fingerprint density at radius 2 is 1.80 bits per heavy atom. The summed E-state index contributed by atoms with van der Waals surface area (Å²) in [5.41, 5.74) is 5.90. The molecule has 0 amide bonds. The van der Waals surface area contributed by atoms with Crippen LogP contribution in [0.4, 0.5) is 0 Å². The van der Waals surface area contributed by atoms with Crippen molar-refractivity contribution in [1.29, 1.82) is 0 Å². The summed E-state index contributed by atoms with van der Waals surface area (Å²) in [5, 5.41) is 0. The zero-order valence-corrected chi connectivity index (χ0v) is 16.0. The summed E-state index contributed by atoms with van der Waals surface area (Å²) in [5.74, 6) is -0.167. The van der Waals surface area contributed by atoms with E-state index < -0.39 is 0 Å². The van der Waals surface area contributed by atoms with Crippen molar-refractivity contribution in [2.75, 3.05) is 0 Å². The summed E-state index contributed by atoms with van der Waals surface area (Å²) in [6.45, 7) is 8.56. The molecule has 0 aliphatic carbocycles. The predicted octanol–water partition coefficient (Wildman–Crippen LogP) is 6.25. The number of hydrogen-bond donors (Lipinski definition) is 0. The molecule has 0 spiro atoms. The van der Waals surface area contributed by atoms with Gasteiger partial charge in [-0.1, -0.05) is 54.5 Å². The van der Waals surface area contributed by atoms with E-state index in [1.165, 1.54) is 16.7 Å². The van der Waals surface area contributed by atoms with E-state index in [2.05, 4.69) is 64.1 Å². The Morgan fingerprint density at radius 1 is 1.08 bits per heavy atom. The van der Waals surface area contributed by atoms with Gasteiger partial charge in [0.25, 0.3) is 0 Å². The molecule has 2 heteroatoms. The smallest absolute Gasteiger partial charge is 0.334 e. The average molecular weight is 338 g/mol. The topological polar surface area (TPSA) is 26.3 Å². The summed E-state index contributed by atoms with van der Waals surface area (Å²) in [4.78, 5) is 12.1. The highest BCUT2D eigenvalue weighted by Crippen LogP contribution is 2.30. The lowest BCUT2D eigenvalue weighted by Crippen LogP contribution is -2.02. The number of esters is 1. The van der Waals surface area contributed by atoms with Gasteiger partial charge in [0.2, 0.25) is 0 Å². The zero-order valence-electron chi connectivity index (χ0n) is 16.0. The van der Waals surface area contributed by atoms with E-state index >= 15 is 0 Å². The number of benzene rings is 1. The second-order valence-electron chi connectivity index (χ2n) is 7.02. The number of cyclic esters (lactones) is 1. The molecule has 0 radical (unpaired) electrons. The van der Waals surface area contributed by atoms with E-state index in [9.17, 15) is 4.79 Å². The molecule has 2 nitrogen and oxygen atoms in total. The van der Waals surface area contributed by atoms with Gasteiger partial charge in [-0.15, -0.1) is 0 Å². The molecule has 0 N–H and O–H groups in total. The van der Waals surface area contributed by atoms with Crippen LogP contribution in [0.5, 0.6) is 0 Å². The van der Waals surface area contributed by atoms with Crippen molar-refractivity contribution in [1.82, 2.24) is 0 Å². The maximum absolute atomic E-state index is 12.1. The van der Waals surface area contributed by atoms with Gasteiger partial charge < -0.3 is 4.74 Å². The SMILES string of the molecule is CCc1ccc([C@@H]2C=C(CC/C=C(\C)CCC=C(C)C)C(=O)O2)cc1. The van der Waals surface area contributed by atoms with Crippen molar-refractivity contribution in [2.45, 2.75) is 65.9 Å². The molecule has 1 heterocycles. The van der Waals surface area contributed by atoms with Gasteiger partial charge in [0, 0.05) is 5.57 Å². The van der Waals surface area contributed by atoms with Gasteiger partial charge in [0.05, 0.1) is 0 Å². The Hall–Kier alpha value is -2.09. The fourth-order valence-corrected chi connectivity index (χ4v) is 2.93. The summed E-state index contributed by atoms with van der Waals surface area (Å²) in [6, 6.07) is 8.33. The standard InChI is InChI=1S/C23H30O2/c1-5-19-12-14-20(15-13-19)22-16-21(23(24)25-22)11-7-10-18(4)9-6-8-17(2)3/h8,10,12-16,22H,5-7,9,11H2,1-4H3/b18-10+/t22-/m0/s1. The second kappa shape index (κ2) is 9.41. The zero-order chi connectivity index (χ0) is 18.2. The number of hydrogen-bond acceptors (Lipinski definition) is 2. The maximum Gasteiger partial charge on any atom is 0.334 e. The van der Waals surface area contributed by atoms with Gasteiger partial charge in [0.15, 0.2) is 0 Å². The minimum Gasteiger partial charge on any atom is -0.450 e. The molecule has 2 rings (SSSR count). The Balaban J connectivity index is 1.88. The van der Waals surface area contributed by atoms with E-state index in [-0.39, 0.29) is 12.1 Å². The number of carbonyl (C=O) groups excluding carboxylic acids is 1. The minimum absolute atomic E-state index is 0.167. The molecule has 0 bridgehead atoms. The van der Waals surface area contributed by atoms with Crippen molar-refractivity contribution in [3.63, 3.8) is 0 Å². The minimum atomic E-state index is -0.226. The van der Waals surface area contributed by atoms with Gasteiger partial charge in [-0.25, -0.2) is 4.79 Å². The van der Waals surface area contributed by atoms with Crippen molar-refractivity contribution in [2.24, 2.45) is 0 Å². The fourth-order valence-electron chi connectivity index (χ4n) is 2.93. The fraction of sp³-hybridized carbons (Fsp3) is 0.435.